The monoisotopic (exact) mass is 219 g/mol. The molecule has 0 saturated heterocycles. The van der Waals surface area contributed by atoms with Crippen LogP contribution in [0.4, 0.5) is 0 Å². The minimum atomic E-state index is -0.130. The number of ketones is 2. The van der Waals surface area contributed by atoms with Gasteiger partial charge in [-0.2, -0.15) is 0 Å². The fourth-order valence-electron chi connectivity index (χ4n) is 1.47. The van der Waals surface area contributed by atoms with E-state index in [9.17, 15) is 9.59 Å². The van der Waals surface area contributed by atoms with Gasteiger partial charge < -0.3 is 0 Å². The van der Waals surface area contributed by atoms with E-state index < -0.39 is 0 Å². The van der Waals surface area contributed by atoms with Gasteiger partial charge in [-0.05, 0) is 18.6 Å². The van der Waals surface area contributed by atoms with E-state index in [0.717, 1.165) is 19.3 Å². The summed E-state index contributed by atoms with van der Waals surface area (Å²) in [7, 11) is 0. The van der Waals surface area contributed by atoms with E-state index in [4.69, 9.17) is 0 Å². The molecule has 1 aromatic rings. The Bertz CT molecular complexity index is 346. The summed E-state index contributed by atoms with van der Waals surface area (Å²) in [5, 5.41) is 0. The van der Waals surface area contributed by atoms with E-state index in [-0.39, 0.29) is 18.0 Å². The van der Waals surface area contributed by atoms with Crippen LogP contribution >= 0.6 is 0 Å². The zero-order valence-corrected chi connectivity index (χ0v) is 9.61. The van der Waals surface area contributed by atoms with E-state index in [0.29, 0.717) is 12.0 Å². The Hall–Kier alpha value is -1.51. The molecule has 1 heterocycles. The second-order valence-electron chi connectivity index (χ2n) is 3.84. The second-order valence-corrected chi connectivity index (χ2v) is 3.84. The average Bonchev–Trinajstić information content (AvgIpc) is 2.30. The minimum absolute atomic E-state index is 0.00933. The topological polar surface area (TPSA) is 47.0 Å². The van der Waals surface area contributed by atoms with Gasteiger partial charge in [0, 0.05) is 24.4 Å². The lowest BCUT2D eigenvalue weighted by molar-refractivity contribution is -0.118. The van der Waals surface area contributed by atoms with E-state index in [1.54, 1.807) is 18.3 Å². The van der Waals surface area contributed by atoms with Crippen molar-refractivity contribution in [2.24, 2.45) is 0 Å². The molecule has 0 amide bonds. The molecule has 86 valence electrons. The van der Waals surface area contributed by atoms with Crippen LogP contribution in [0.2, 0.25) is 0 Å². The van der Waals surface area contributed by atoms with Crippen LogP contribution in [-0.4, -0.2) is 16.6 Å². The molecule has 1 aromatic heterocycles. The summed E-state index contributed by atoms with van der Waals surface area (Å²) in [5.41, 5.74) is 0.520. The first-order chi connectivity index (χ1) is 7.74. The van der Waals surface area contributed by atoms with Gasteiger partial charge in [0.25, 0.3) is 0 Å². The van der Waals surface area contributed by atoms with Gasteiger partial charge in [-0.15, -0.1) is 0 Å². The highest BCUT2D eigenvalue weighted by atomic mass is 16.1. The molecule has 0 spiro atoms. The predicted molar refractivity (Wildman–Crippen MR) is 62.3 cm³/mol. The predicted octanol–water partition coefficient (Wildman–Crippen LogP) is 2.80. The molecule has 0 aromatic carbocycles. The second kappa shape index (κ2) is 6.88. The number of carbonyl (C=O) groups is 2. The van der Waals surface area contributed by atoms with Crippen molar-refractivity contribution in [3.05, 3.63) is 30.1 Å². The van der Waals surface area contributed by atoms with E-state index in [1.165, 1.54) is 6.20 Å². The van der Waals surface area contributed by atoms with Crippen molar-refractivity contribution in [2.45, 2.75) is 39.0 Å². The fraction of sp³-hybridized carbons (Fsp3) is 0.462. The largest absolute Gasteiger partial charge is 0.299 e. The van der Waals surface area contributed by atoms with E-state index in [1.807, 2.05) is 0 Å². The van der Waals surface area contributed by atoms with Crippen LogP contribution in [0.5, 0.6) is 0 Å². The molecule has 3 nitrogen and oxygen atoms in total. The third-order valence-electron chi connectivity index (χ3n) is 2.40. The highest BCUT2D eigenvalue weighted by Gasteiger charge is 2.11. The van der Waals surface area contributed by atoms with Crippen molar-refractivity contribution in [1.82, 2.24) is 4.98 Å². The highest BCUT2D eigenvalue weighted by Crippen LogP contribution is 2.06. The number of pyridine rings is 1. The molecule has 0 aliphatic rings. The number of aromatic nitrogens is 1. The molecule has 0 bridgehead atoms. The summed E-state index contributed by atoms with van der Waals surface area (Å²) < 4.78 is 0. The molecule has 0 aliphatic heterocycles. The van der Waals surface area contributed by atoms with Crippen molar-refractivity contribution >= 4 is 11.6 Å². The number of unbranched alkanes of at least 4 members (excludes halogenated alkanes) is 2. The molecule has 0 aliphatic carbocycles. The van der Waals surface area contributed by atoms with Gasteiger partial charge in [-0.1, -0.05) is 19.8 Å². The summed E-state index contributed by atoms with van der Waals surface area (Å²) in [6.45, 7) is 2.09. The highest BCUT2D eigenvalue weighted by molar-refractivity contribution is 6.07. The number of Topliss-reactive ketones (excluding diaryl/α,β-unsaturated/α-hetero) is 2. The summed E-state index contributed by atoms with van der Waals surface area (Å²) in [4.78, 5) is 26.9. The molecule has 0 radical (unpaired) electrons. The molecule has 0 unspecified atom stereocenters. The molecule has 0 N–H and O–H groups in total. The molecule has 0 fully saturated rings. The molecule has 0 saturated carbocycles. The Morgan fingerprint density at radius 3 is 2.75 bits per heavy atom. The Morgan fingerprint density at radius 2 is 2.12 bits per heavy atom. The molecule has 1 rings (SSSR count). The van der Waals surface area contributed by atoms with Crippen LogP contribution in [0.1, 0.15) is 49.4 Å². The van der Waals surface area contributed by atoms with Crippen LogP contribution in [-0.2, 0) is 4.79 Å². The third-order valence-corrected chi connectivity index (χ3v) is 2.40. The Labute approximate surface area is 95.9 Å². The van der Waals surface area contributed by atoms with Crippen LogP contribution in [0.3, 0.4) is 0 Å². The Balaban J connectivity index is 2.37. The SMILES string of the molecule is CCCCCC(=O)CC(=O)c1cccnc1. The molecular weight excluding hydrogens is 202 g/mol. The molecule has 0 atom stereocenters. The lowest BCUT2D eigenvalue weighted by Crippen LogP contribution is -2.08. The van der Waals surface area contributed by atoms with Gasteiger partial charge >= 0.3 is 0 Å². The van der Waals surface area contributed by atoms with E-state index >= 15 is 0 Å². The van der Waals surface area contributed by atoms with Crippen LogP contribution < -0.4 is 0 Å². The van der Waals surface area contributed by atoms with Gasteiger partial charge in [-0.25, -0.2) is 0 Å². The summed E-state index contributed by atoms with van der Waals surface area (Å²) in [6, 6.07) is 3.39. The summed E-state index contributed by atoms with van der Waals surface area (Å²) >= 11 is 0. The van der Waals surface area contributed by atoms with Gasteiger partial charge in [0.2, 0.25) is 0 Å². The van der Waals surface area contributed by atoms with Gasteiger partial charge in [0.1, 0.15) is 5.78 Å². The van der Waals surface area contributed by atoms with Crippen LogP contribution in [0, 0.1) is 0 Å². The number of nitrogens with zero attached hydrogens (tertiary/aromatic N) is 1. The van der Waals surface area contributed by atoms with Gasteiger partial charge in [0.05, 0.1) is 6.42 Å². The maximum absolute atomic E-state index is 11.6. The number of rotatable bonds is 7. The zero-order chi connectivity index (χ0) is 11.8. The van der Waals surface area contributed by atoms with Gasteiger partial charge in [0.15, 0.2) is 5.78 Å². The van der Waals surface area contributed by atoms with Crippen molar-refractivity contribution in [1.29, 1.82) is 0 Å². The van der Waals surface area contributed by atoms with Crippen molar-refractivity contribution in [3.63, 3.8) is 0 Å². The van der Waals surface area contributed by atoms with Crippen LogP contribution in [0.25, 0.3) is 0 Å². The summed E-state index contributed by atoms with van der Waals surface area (Å²) in [6.07, 6.45) is 6.66. The quantitative estimate of drug-likeness (QED) is 0.402. The Kier molecular flexibility index (Phi) is 5.40. The van der Waals surface area contributed by atoms with Gasteiger partial charge in [-0.3, -0.25) is 14.6 Å². The average molecular weight is 219 g/mol. The standard InChI is InChI=1S/C13H17NO2/c1-2-3-4-7-12(15)9-13(16)11-6-5-8-14-10-11/h5-6,8,10H,2-4,7,9H2,1H3. The first kappa shape index (κ1) is 12.6. The maximum Gasteiger partial charge on any atom is 0.171 e. The maximum atomic E-state index is 11.6. The van der Waals surface area contributed by atoms with Crippen molar-refractivity contribution < 1.29 is 9.59 Å². The zero-order valence-electron chi connectivity index (χ0n) is 9.61. The lowest BCUT2D eigenvalue weighted by atomic mass is 10.0. The summed E-state index contributed by atoms with van der Waals surface area (Å²) in [5.74, 6) is -0.100. The third kappa shape index (κ3) is 4.34. The molecule has 3 heteroatoms. The minimum Gasteiger partial charge on any atom is -0.299 e. The van der Waals surface area contributed by atoms with Crippen molar-refractivity contribution in [3.8, 4) is 0 Å². The van der Waals surface area contributed by atoms with Crippen molar-refractivity contribution in [2.75, 3.05) is 0 Å². The lowest BCUT2D eigenvalue weighted by Gasteiger charge is -2.00. The van der Waals surface area contributed by atoms with Crippen LogP contribution in [0.15, 0.2) is 24.5 Å². The first-order valence-electron chi connectivity index (χ1n) is 5.69. The number of hydrogen-bond donors (Lipinski definition) is 0. The van der Waals surface area contributed by atoms with E-state index in [2.05, 4.69) is 11.9 Å². The Morgan fingerprint density at radius 1 is 1.31 bits per heavy atom. The number of carbonyl (C=O) groups excluding carboxylic acids is 2. The molecular formula is C13H17NO2. The normalized spacial score (nSPS) is 10.1. The first-order valence-corrected chi connectivity index (χ1v) is 5.69. The molecule has 16 heavy (non-hydrogen) atoms. The smallest absolute Gasteiger partial charge is 0.171 e. The fourth-order valence-corrected chi connectivity index (χ4v) is 1.47. The number of hydrogen-bond acceptors (Lipinski definition) is 3.